The number of rotatable bonds is 0. The summed E-state index contributed by atoms with van der Waals surface area (Å²) in [7, 11) is 0. The summed E-state index contributed by atoms with van der Waals surface area (Å²) in [6, 6.07) is 9.70. The molecule has 2 aromatic carbocycles. The molecule has 100 valence electrons. The zero-order valence-electron chi connectivity index (χ0n) is 10.0. The van der Waals surface area contributed by atoms with Gasteiger partial charge in [-0.3, -0.25) is 4.79 Å². The van der Waals surface area contributed by atoms with Crippen LogP contribution in [0.25, 0.3) is 0 Å². The first kappa shape index (κ1) is 12.1. The minimum Gasteiger partial charge on any atom is -0.358 e. The van der Waals surface area contributed by atoms with Crippen LogP contribution in [0.4, 0.5) is 15.8 Å². The van der Waals surface area contributed by atoms with Gasteiger partial charge in [0.05, 0.1) is 5.69 Å². The first-order valence-corrected chi connectivity index (χ1v) is 7.16. The largest absolute Gasteiger partial charge is 0.358 e. The Morgan fingerprint density at radius 1 is 1.15 bits per heavy atom. The smallest absolute Gasteiger partial charge is 0.265 e. The Hall–Kier alpha value is -1.72. The molecule has 6 heteroatoms. The maximum Gasteiger partial charge on any atom is 0.265 e. The molecule has 4 rings (SSSR count). The van der Waals surface area contributed by atoms with Gasteiger partial charge in [0.1, 0.15) is 5.82 Å². The molecule has 20 heavy (non-hydrogen) atoms. The number of fused-ring (bicyclic) bond motifs is 3. The first-order valence-electron chi connectivity index (χ1n) is 5.97. The minimum absolute atomic E-state index is 0.199. The molecule has 1 unspecified atom stereocenters. The fourth-order valence-electron chi connectivity index (χ4n) is 2.54. The Morgan fingerprint density at radius 3 is 2.85 bits per heavy atom. The maximum atomic E-state index is 13.5. The number of nitrogens with one attached hydrogen (secondary N) is 2. The van der Waals surface area contributed by atoms with Gasteiger partial charge in [-0.25, -0.2) is 4.39 Å². The molecule has 0 aliphatic carbocycles. The van der Waals surface area contributed by atoms with Crippen molar-refractivity contribution in [3.8, 4) is 0 Å². The molecule has 2 aliphatic rings. The number of halogens is 2. The van der Waals surface area contributed by atoms with E-state index in [0.29, 0.717) is 16.3 Å². The van der Waals surface area contributed by atoms with Crippen molar-refractivity contribution in [2.75, 3.05) is 10.6 Å². The van der Waals surface area contributed by atoms with Gasteiger partial charge in [-0.1, -0.05) is 23.4 Å². The number of hydrogen-bond acceptors (Lipinski definition) is 3. The first-order chi connectivity index (χ1) is 9.58. The lowest BCUT2D eigenvalue weighted by molar-refractivity contribution is -0.117. The lowest BCUT2D eigenvalue weighted by Gasteiger charge is -2.21. The van der Waals surface area contributed by atoms with Crippen LogP contribution in [0.1, 0.15) is 5.56 Å². The Bertz CT molecular complexity index is 767. The standard InChI is InChI=1S/C14H8ClFN2OS/c15-7-1-4-12-11(5-7)18-14(20-12)9-6-8(16)2-3-10(9)17-13(14)19/h1-6,18H,(H,17,19). The summed E-state index contributed by atoms with van der Waals surface area (Å²) in [6.45, 7) is 0. The molecular weight excluding hydrogens is 299 g/mol. The second kappa shape index (κ2) is 3.90. The van der Waals surface area contributed by atoms with Crippen LogP contribution in [0, 0.1) is 5.82 Å². The van der Waals surface area contributed by atoms with Gasteiger partial charge >= 0.3 is 0 Å². The van der Waals surface area contributed by atoms with Crippen molar-refractivity contribution < 1.29 is 9.18 Å². The van der Waals surface area contributed by atoms with Gasteiger partial charge in [0, 0.05) is 21.2 Å². The van der Waals surface area contributed by atoms with Crippen molar-refractivity contribution in [2.24, 2.45) is 0 Å². The molecule has 0 saturated carbocycles. The number of carbonyl (C=O) groups excluding carboxylic acids is 1. The highest BCUT2D eigenvalue weighted by Crippen LogP contribution is 2.56. The Kier molecular flexibility index (Phi) is 2.35. The fraction of sp³-hybridized carbons (Fsp3) is 0.0714. The van der Waals surface area contributed by atoms with E-state index in [9.17, 15) is 9.18 Å². The van der Waals surface area contributed by atoms with E-state index in [1.165, 1.54) is 23.9 Å². The summed E-state index contributed by atoms with van der Waals surface area (Å²) in [4.78, 5) is 12.3. The normalized spacial score (nSPS) is 22.4. The molecule has 0 saturated heterocycles. The molecule has 0 radical (unpaired) electrons. The van der Waals surface area contributed by atoms with Gasteiger partial charge in [0.25, 0.3) is 5.91 Å². The third-order valence-electron chi connectivity index (χ3n) is 3.44. The molecule has 2 N–H and O–H groups in total. The van der Waals surface area contributed by atoms with Crippen molar-refractivity contribution in [1.82, 2.24) is 0 Å². The van der Waals surface area contributed by atoms with Crippen molar-refractivity contribution in [3.63, 3.8) is 0 Å². The molecule has 0 aromatic heterocycles. The fourth-order valence-corrected chi connectivity index (χ4v) is 3.99. The third kappa shape index (κ3) is 1.50. The minimum atomic E-state index is -1.01. The van der Waals surface area contributed by atoms with Crippen LogP contribution in [0.2, 0.25) is 5.02 Å². The van der Waals surface area contributed by atoms with Gasteiger partial charge in [-0.05, 0) is 36.4 Å². The Labute approximate surface area is 123 Å². The summed E-state index contributed by atoms with van der Waals surface area (Å²) in [6.07, 6.45) is 0. The SMILES string of the molecule is O=C1Nc2ccc(F)cc2C12Nc1cc(Cl)ccc1S2. The summed E-state index contributed by atoms with van der Waals surface area (Å²) in [5.74, 6) is -0.563. The lowest BCUT2D eigenvalue weighted by Crippen LogP contribution is -2.35. The Morgan fingerprint density at radius 2 is 2.00 bits per heavy atom. The molecule has 2 aromatic rings. The van der Waals surface area contributed by atoms with Crippen LogP contribution in [0.5, 0.6) is 0 Å². The Balaban J connectivity index is 1.88. The third-order valence-corrected chi connectivity index (χ3v) is 5.07. The number of thioether (sulfide) groups is 1. The van der Waals surface area contributed by atoms with Crippen LogP contribution in [-0.4, -0.2) is 5.91 Å². The second-order valence-corrected chi connectivity index (χ2v) is 6.39. The van der Waals surface area contributed by atoms with Crippen molar-refractivity contribution in [3.05, 3.63) is 52.8 Å². The van der Waals surface area contributed by atoms with E-state index in [2.05, 4.69) is 10.6 Å². The molecule has 0 bridgehead atoms. The zero-order valence-corrected chi connectivity index (χ0v) is 11.6. The van der Waals surface area contributed by atoms with E-state index in [1.807, 2.05) is 6.07 Å². The molecule has 0 fully saturated rings. The van der Waals surface area contributed by atoms with Gasteiger partial charge in [-0.2, -0.15) is 0 Å². The predicted octanol–water partition coefficient (Wildman–Crippen LogP) is 3.80. The van der Waals surface area contributed by atoms with E-state index in [4.69, 9.17) is 11.6 Å². The summed E-state index contributed by atoms with van der Waals surface area (Å²) < 4.78 is 13.5. The number of hydrogen-bond donors (Lipinski definition) is 2. The monoisotopic (exact) mass is 306 g/mol. The van der Waals surface area contributed by atoms with Gasteiger partial charge in [-0.15, -0.1) is 0 Å². The summed E-state index contributed by atoms with van der Waals surface area (Å²) >= 11 is 7.34. The molecule has 3 nitrogen and oxygen atoms in total. The highest BCUT2D eigenvalue weighted by atomic mass is 35.5. The lowest BCUT2D eigenvalue weighted by atomic mass is 10.1. The van der Waals surface area contributed by atoms with E-state index in [0.717, 1.165) is 10.6 Å². The van der Waals surface area contributed by atoms with Crippen LogP contribution in [0.3, 0.4) is 0 Å². The quantitative estimate of drug-likeness (QED) is 0.778. The van der Waals surface area contributed by atoms with Crippen molar-refractivity contribution in [2.45, 2.75) is 9.77 Å². The number of amides is 1. The van der Waals surface area contributed by atoms with E-state index < -0.39 is 4.87 Å². The highest BCUT2D eigenvalue weighted by Gasteiger charge is 2.52. The van der Waals surface area contributed by atoms with Crippen molar-refractivity contribution in [1.29, 1.82) is 0 Å². The molecule has 1 spiro atoms. The molecule has 2 heterocycles. The summed E-state index contributed by atoms with van der Waals surface area (Å²) in [5.41, 5.74) is 2.03. The van der Waals surface area contributed by atoms with Crippen LogP contribution < -0.4 is 10.6 Å². The number of anilines is 2. The van der Waals surface area contributed by atoms with E-state index >= 15 is 0 Å². The van der Waals surface area contributed by atoms with E-state index in [-0.39, 0.29) is 11.7 Å². The zero-order chi connectivity index (χ0) is 13.9. The molecule has 1 atom stereocenters. The van der Waals surface area contributed by atoms with Gasteiger partial charge < -0.3 is 10.6 Å². The van der Waals surface area contributed by atoms with Crippen LogP contribution in [0.15, 0.2) is 41.3 Å². The maximum absolute atomic E-state index is 13.5. The van der Waals surface area contributed by atoms with Gasteiger partial charge in [0.15, 0.2) is 4.87 Å². The average molecular weight is 307 g/mol. The topological polar surface area (TPSA) is 41.1 Å². The van der Waals surface area contributed by atoms with E-state index in [1.54, 1.807) is 18.2 Å². The molecule has 2 aliphatic heterocycles. The summed E-state index contributed by atoms with van der Waals surface area (Å²) in [5, 5.41) is 6.56. The predicted molar refractivity (Wildman–Crippen MR) is 77.6 cm³/mol. The number of benzene rings is 2. The van der Waals surface area contributed by atoms with Crippen molar-refractivity contribution >= 4 is 40.6 Å². The highest BCUT2D eigenvalue weighted by molar-refractivity contribution is 8.01. The van der Waals surface area contributed by atoms with Crippen LogP contribution in [-0.2, 0) is 9.67 Å². The number of carbonyl (C=O) groups is 1. The molecule has 1 amide bonds. The van der Waals surface area contributed by atoms with Gasteiger partial charge in [0.2, 0.25) is 0 Å². The average Bonchev–Trinajstić information content (AvgIpc) is 2.91. The molecular formula is C14H8ClFN2OS. The van der Waals surface area contributed by atoms with Crippen LogP contribution >= 0.6 is 23.4 Å². The second-order valence-electron chi connectivity index (χ2n) is 4.69.